The average molecular weight is 375 g/mol. The summed E-state index contributed by atoms with van der Waals surface area (Å²) in [5.41, 5.74) is 6.05. The number of rotatable bonds is 4. The van der Waals surface area contributed by atoms with Gasteiger partial charge < -0.3 is 14.5 Å². The van der Waals surface area contributed by atoms with E-state index in [1.54, 1.807) is 7.11 Å². The molecule has 2 aliphatic carbocycles. The van der Waals surface area contributed by atoms with Crippen LogP contribution in [0.3, 0.4) is 0 Å². The van der Waals surface area contributed by atoms with Crippen molar-refractivity contribution < 1.29 is 9.53 Å². The minimum absolute atomic E-state index is 0.310. The zero-order valence-corrected chi connectivity index (χ0v) is 16.2. The maximum atomic E-state index is 12.3. The Bertz CT molecular complexity index is 941. The first kappa shape index (κ1) is 17.3. The van der Waals surface area contributed by atoms with E-state index in [4.69, 9.17) is 4.74 Å². The smallest absolute Gasteiger partial charge is 0.225 e. The fourth-order valence-electron chi connectivity index (χ4n) is 4.25. The highest BCUT2D eigenvalue weighted by Gasteiger charge is 2.35. The van der Waals surface area contributed by atoms with E-state index in [0.717, 1.165) is 56.9 Å². The molecule has 0 unspecified atom stereocenters. The molecule has 5 rings (SSSR count). The van der Waals surface area contributed by atoms with Crippen molar-refractivity contribution in [1.82, 2.24) is 9.88 Å². The molecule has 28 heavy (non-hydrogen) atoms. The molecule has 5 heteroatoms. The third kappa shape index (κ3) is 3.15. The van der Waals surface area contributed by atoms with Crippen molar-refractivity contribution in [3.8, 4) is 5.75 Å². The number of carbonyl (C=O) groups is 1. The third-order valence-electron chi connectivity index (χ3n) is 6.03. The van der Waals surface area contributed by atoms with Gasteiger partial charge in [0, 0.05) is 56.0 Å². The Morgan fingerprint density at radius 1 is 1.14 bits per heavy atom. The van der Waals surface area contributed by atoms with E-state index in [0.29, 0.717) is 11.8 Å². The van der Waals surface area contributed by atoms with Crippen LogP contribution in [0.25, 0.3) is 11.6 Å². The second kappa shape index (κ2) is 6.97. The lowest BCUT2D eigenvalue weighted by Crippen LogP contribution is -2.49. The average Bonchev–Trinajstić information content (AvgIpc) is 3.51. The van der Waals surface area contributed by atoms with Crippen LogP contribution in [-0.4, -0.2) is 49.1 Å². The molecule has 1 aromatic heterocycles. The van der Waals surface area contributed by atoms with Gasteiger partial charge in [0.05, 0.1) is 12.8 Å². The van der Waals surface area contributed by atoms with Crippen LogP contribution >= 0.6 is 0 Å². The number of allylic oxidation sites excluding steroid dienone is 1. The second-order valence-corrected chi connectivity index (χ2v) is 7.86. The van der Waals surface area contributed by atoms with Gasteiger partial charge in [-0.3, -0.25) is 9.78 Å². The lowest BCUT2D eigenvalue weighted by molar-refractivity contribution is -0.132. The predicted octanol–water partition coefficient (Wildman–Crippen LogP) is 3.25. The van der Waals surface area contributed by atoms with Crippen molar-refractivity contribution in [1.29, 1.82) is 0 Å². The number of carbonyl (C=O) groups excluding carboxylic acids is 1. The highest BCUT2D eigenvalue weighted by atomic mass is 16.5. The van der Waals surface area contributed by atoms with Gasteiger partial charge in [-0.05, 0) is 48.3 Å². The van der Waals surface area contributed by atoms with Gasteiger partial charge in [0.2, 0.25) is 5.91 Å². The Morgan fingerprint density at radius 3 is 2.71 bits per heavy atom. The molecule has 2 fully saturated rings. The van der Waals surface area contributed by atoms with Gasteiger partial charge in [0.25, 0.3) is 0 Å². The zero-order valence-electron chi connectivity index (χ0n) is 16.2. The van der Waals surface area contributed by atoms with Crippen LogP contribution < -0.4 is 9.64 Å². The molecule has 0 atom stereocenters. The maximum absolute atomic E-state index is 12.3. The fourth-order valence-corrected chi connectivity index (χ4v) is 4.25. The van der Waals surface area contributed by atoms with E-state index >= 15 is 0 Å². The van der Waals surface area contributed by atoms with E-state index < -0.39 is 0 Å². The molecule has 1 aromatic carbocycles. The number of nitrogens with zero attached hydrogens (tertiary/aromatic N) is 3. The number of ether oxygens (including phenoxy) is 1. The molecule has 144 valence electrons. The molecular weight excluding hydrogens is 350 g/mol. The molecule has 1 aliphatic heterocycles. The first-order chi connectivity index (χ1) is 13.7. The monoisotopic (exact) mass is 375 g/mol. The Kier molecular flexibility index (Phi) is 4.30. The SMILES string of the molecule is COc1cccc(C2=Cc3c(N4CCN(C(=O)C5CC5)CC4)ccnc3C2)c1. The Morgan fingerprint density at radius 2 is 1.96 bits per heavy atom. The topological polar surface area (TPSA) is 45.7 Å². The van der Waals surface area contributed by atoms with Gasteiger partial charge in [-0.2, -0.15) is 0 Å². The number of anilines is 1. The van der Waals surface area contributed by atoms with E-state index in [9.17, 15) is 4.79 Å². The van der Waals surface area contributed by atoms with E-state index in [-0.39, 0.29) is 0 Å². The van der Waals surface area contributed by atoms with Crippen molar-refractivity contribution in [2.24, 2.45) is 5.92 Å². The van der Waals surface area contributed by atoms with Gasteiger partial charge in [0.15, 0.2) is 0 Å². The van der Waals surface area contributed by atoms with Crippen LogP contribution in [0.15, 0.2) is 36.5 Å². The van der Waals surface area contributed by atoms with Crippen molar-refractivity contribution in [3.05, 3.63) is 53.3 Å². The Labute approximate surface area is 165 Å². The zero-order chi connectivity index (χ0) is 19.1. The predicted molar refractivity (Wildman–Crippen MR) is 110 cm³/mol. The Hall–Kier alpha value is -2.82. The lowest BCUT2D eigenvalue weighted by Gasteiger charge is -2.37. The van der Waals surface area contributed by atoms with Crippen LogP contribution in [-0.2, 0) is 11.2 Å². The standard InChI is InChI=1S/C23H25N3O2/c1-28-19-4-2-3-17(13-19)18-14-20-21(15-18)24-8-7-22(20)25-9-11-26(12-10-25)23(27)16-5-6-16/h2-4,7-8,13-14,16H,5-6,9-12,15H2,1H3. The van der Waals surface area contributed by atoms with Crippen molar-refractivity contribution in [3.63, 3.8) is 0 Å². The van der Waals surface area contributed by atoms with Crippen LogP contribution in [0.5, 0.6) is 5.75 Å². The molecule has 0 N–H and O–H groups in total. The molecule has 0 bridgehead atoms. The number of fused-ring (bicyclic) bond motifs is 1. The lowest BCUT2D eigenvalue weighted by atomic mass is 10.1. The molecule has 2 heterocycles. The summed E-state index contributed by atoms with van der Waals surface area (Å²) >= 11 is 0. The van der Waals surface area contributed by atoms with E-state index in [2.05, 4.69) is 34.2 Å². The van der Waals surface area contributed by atoms with Crippen molar-refractivity contribution >= 4 is 23.2 Å². The number of amides is 1. The molecular formula is C23H25N3O2. The molecule has 1 saturated carbocycles. The van der Waals surface area contributed by atoms with Gasteiger partial charge >= 0.3 is 0 Å². The summed E-state index contributed by atoms with van der Waals surface area (Å²) in [4.78, 5) is 21.4. The quantitative estimate of drug-likeness (QED) is 0.823. The number of hydrogen-bond donors (Lipinski definition) is 0. The molecule has 1 saturated heterocycles. The number of benzene rings is 1. The number of methoxy groups -OCH3 is 1. The normalized spacial score (nSPS) is 18.7. The first-order valence-electron chi connectivity index (χ1n) is 10.1. The first-order valence-corrected chi connectivity index (χ1v) is 10.1. The summed E-state index contributed by atoms with van der Waals surface area (Å²) in [5, 5.41) is 0. The van der Waals surface area contributed by atoms with E-state index in [1.807, 2.05) is 23.2 Å². The molecule has 0 radical (unpaired) electrons. The number of hydrogen-bond acceptors (Lipinski definition) is 4. The van der Waals surface area contributed by atoms with Gasteiger partial charge in [-0.1, -0.05) is 12.1 Å². The number of pyridine rings is 1. The van der Waals surface area contributed by atoms with Crippen LogP contribution in [0, 0.1) is 5.92 Å². The summed E-state index contributed by atoms with van der Waals surface area (Å²) in [6, 6.07) is 10.3. The molecule has 5 nitrogen and oxygen atoms in total. The Balaban J connectivity index is 1.36. The largest absolute Gasteiger partial charge is 0.497 e. The minimum Gasteiger partial charge on any atom is -0.497 e. The summed E-state index contributed by atoms with van der Waals surface area (Å²) in [6.07, 6.45) is 7.19. The maximum Gasteiger partial charge on any atom is 0.225 e. The number of piperazine rings is 1. The highest BCUT2D eigenvalue weighted by Crippen LogP contribution is 2.37. The highest BCUT2D eigenvalue weighted by molar-refractivity contribution is 5.92. The summed E-state index contributed by atoms with van der Waals surface area (Å²) in [7, 11) is 1.70. The van der Waals surface area contributed by atoms with Crippen LogP contribution in [0.1, 0.15) is 29.7 Å². The van der Waals surface area contributed by atoms with Crippen molar-refractivity contribution in [2.75, 3.05) is 38.2 Å². The summed E-state index contributed by atoms with van der Waals surface area (Å²) in [6.45, 7) is 3.41. The van der Waals surface area contributed by atoms with Gasteiger partial charge in [-0.15, -0.1) is 0 Å². The van der Waals surface area contributed by atoms with Crippen LogP contribution in [0.2, 0.25) is 0 Å². The molecule has 0 spiro atoms. The molecule has 1 amide bonds. The van der Waals surface area contributed by atoms with Gasteiger partial charge in [0.1, 0.15) is 5.75 Å². The second-order valence-electron chi connectivity index (χ2n) is 7.86. The fraction of sp³-hybridized carbons (Fsp3) is 0.391. The van der Waals surface area contributed by atoms with E-state index in [1.165, 1.54) is 22.4 Å². The van der Waals surface area contributed by atoms with Crippen molar-refractivity contribution in [2.45, 2.75) is 19.3 Å². The van der Waals surface area contributed by atoms with Crippen LogP contribution in [0.4, 0.5) is 5.69 Å². The molecule has 3 aliphatic rings. The minimum atomic E-state index is 0.310. The van der Waals surface area contributed by atoms with Gasteiger partial charge in [-0.25, -0.2) is 0 Å². The number of aromatic nitrogens is 1. The third-order valence-corrected chi connectivity index (χ3v) is 6.03. The molecule has 2 aromatic rings. The summed E-state index contributed by atoms with van der Waals surface area (Å²) in [5.74, 6) is 1.55. The summed E-state index contributed by atoms with van der Waals surface area (Å²) < 4.78 is 5.38.